The molecule has 2 N–H and O–H groups in total. The van der Waals surface area contributed by atoms with Crippen LogP contribution >= 0.6 is 23.1 Å². The molecule has 1 heterocycles. The van der Waals surface area contributed by atoms with Gasteiger partial charge in [0.2, 0.25) is 11.0 Å². The summed E-state index contributed by atoms with van der Waals surface area (Å²) in [4.78, 5) is 12.0. The van der Waals surface area contributed by atoms with Crippen LogP contribution < -0.4 is 15.4 Å². The average Bonchev–Trinajstić information content (AvgIpc) is 3.14. The van der Waals surface area contributed by atoms with Crippen LogP contribution in [0.5, 0.6) is 5.75 Å². The van der Waals surface area contributed by atoms with Crippen molar-refractivity contribution in [3.8, 4) is 5.75 Å². The lowest BCUT2D eigenvalue weighted by atomic mass is 10.1. The molecule has 2 aromatic carbocycles. The molecule has 0 atom stereocenters. The highest BCUT2D eigenvalue weighted by Gasteiger charge is 2.08. The highest BCUT2D eigenvalue weighted by Crippen LogP contribution is 2.27. The van der Waals surface area contributed by atoms with Crippen molar-refractivity contribution in [1.82, 2.24) is 15.5 Å². The third-order valence-electron chi connectivity index (χ3n) is 3.90. The molecule has 0 aliphatic carbocycles. The Morgan fingerprint density at radius 2 is 2.00 bits per heavy atom. The average molecular weight is 415 g/mol. The quantitative estimate of drug-likeness (QED) is 0.515. The first-order chi connectivity index (χ1) is 13.6. The Morgan fingerprint density at radius 3 is 2.75 bits per heavy atom. The molecule has 1 amide bonds. The van der Waals surface area contributed by atoms with E-state index in [0.717, 1.165) is 27.8 Å². The summed E-state index contributed by atoms with van der Waals surface area (Å²) in [6.07, 6.45) is 0.782. The van der Waals surface area contributed by atoms with Crippen molar-refractivity contribution in [2.24, 2.45) is 0 Å². The second kappa shape index (κ2) is 10.1. The summed E-state index contributed by atoms with van der Waals surface area (Å²) in [6.45, 7) is 2.64. The molecular formula is C20H22N4O2S2. The van der Waals surface area contributed by atoms with Gasteiger partial charge in [-0.25, -0.2) is 0 Å². The number of aromatic nitrogens is 2. The molecule has 3 aromatic rings. The van der Waals surface area contributed by atoms with Gasteiger partial charge in [0.05, 0.1) is 12.9 Å². The van der Waals surface area contributed by atoms with E-state index in [1.807, 2.05) is 55.5 Å². The monoisotopic (exact) mass is 414 g/mol. The van der Waals surface area contributed by atoms with Crippen molar-refractivity contribution in [2.45, 2.75) is 17.7 Å². The highest BCUT2D eigenvalue weighted by molar-refractivity contribution is 8.01. The number of hydrogen-bond acceptors (Lipinski definition) is 7. The Morgan fingerprint density at radius 1 is 1.18 bits per heavy atom. The van der Waals surface area contributed by atoms with Gasteiger partial charge in [0.1, 0.15) is 5.75 Å². The number of aryl methyl sites for hydroxylation is 1. The van der Waals surface area contributed by atoms with Gasteiger partial charge in [-0.05, 0) is 48.7 Å². The molecule has 0 fully saturated rings. The lowest BCUT2D eigenvalue weighted by molar-refractivity contribution is -0.118. The zero-order valence-electron chi connectivity index (χ0n) is 15.8. The molecule has 6 nitrogen and oxygen atoms in total. The fourth-order valence-electron chi connectivity index (χ4n) is 2.48. The molecular weight excluding hydrogens is 392 g/mol. The number of hydrogen-bond donors (Lipinski definition) is 2. The first-order valence-corrected chi connectivity index (χ1v) is 10.6. The maximum atomic E-state index is 12.0. The first-order valence-electron chi connectivity index (χ1n) is 8.82. The van der Waals surface area contributed by atoms with Crippen LogP contribution in [0.4, 0.5) is 10.8 Å². The predicted molar refractivity (Wildman–Crippen MR) is 115 cm³/mol. The van der Waals surface area contributed by atoms with Crippen molar-refractivity contribution in [3.05, 3.63) is 59.7 Å². The maximum Gasteiger partial charge on any atom is 0.230 e. The Balaban J connectivity index is 1.39. The van der Waals surface area contributed by atoms with Crippen molar-refractivity contribution in [3.63, 3.8) is 0 Å². The SMILES string of the molecule is COc1ccc(CCNC(=O)CSc2nnc(Nc3cccc(C)c3)s2)cc1. The highest BCUT2D eigenvalue weighted by atomic mass is 32.2. The fraction of sp³-hybridized carbons (Fsp3) is 0.250. The normalized spacial score (nSPS) is 10.5. The van der Waals surface area contributed by atoms with E-state index in [1.165, 1.54) is 28.7 Å². The number of nitrogens with zero attached hydrogens (tertiary/aromatic N) is 2. The van der Waals surface area contributed by atoms with E-state index in [1.54, 1.807) is 7.11 Å². The van der Waals surface area contributed by atoms with Gasteiger partial charge < -0.3 is 15.4 Å². The Kier molecular flexibility index (Phi) is 7.27. The van der Waals surface area contributed by atoms with Gasteiger partial charge in [-0.15, -0.1) is 10.2 Å². The Hall–Kier alpha value is -2.58. The van der Waals surface area contributed by atoms with Crippen LogP contribution in [0.25, 0.3) is 0 Å². The number of nitrogens with one attached hydrogen (secondary N) is 2. The summed E-state index contributed by atoms with van der Waals surface area (Å²) in [5.41, 5.74) is 3.31. The molecule has 8 heteroatoms. The topological polar surface area (TPSA) is 76.1 Å². The molecule has 0 saturated carbocycles. The van der Waals surface area contributed by atoms with Crippen LogP contribution in [0, 0.1) is 6.92 Å². The summed E-state index contributed by atoms with van der Waals surface area (Å²) < 4.78 is 5.90. The van der Waals surface area contributed by atoms with Crippen LogP contribution in [0.15, 0.2) is 52.9 Å². The van der Waals surface area contributed by atoms with E-state index in [2.05, 4.69) is 20.8 Å². The number of amides is 1. The number of anilines is 2. The second-order valence-electron chi connectivity index (χ2n) is 6.10. The van der Waals surface area contributed by atoms with E-state index in [4.69, 9.17) is 4.74 Å². The minimum absolute atomic E-state index is 0.0121. The molecule has 0 saturated heterocycles. The van der Waals surface area contributed by atoms with Crippen LogP contribution in [0.3, 0.4) is 0 Å². The van der Waals surface area contributed by atoms with Gasteiger partial charge in [-0.1, -0.05) is 47.4 Å². The Bertz CT molecular complexity index is 913. The summed E-state index contributed by atoms with van der Waals surface area (Å²) in [5.74, 6) is 1.14. The summed E-state index contributed by atoms with van der Waals surface area (Å²) in [7, 11) is 1.65. The van der Waals surface area contributed by atoms with Crippen LogP contribution in [-0.2, 0) is 11.2 Å². The number of benzene rings is 2. The smallest absolute Gasteiger partial charge is 0.230 e. The van der Waals surface area contributed by atoms with Crippen LogP contribution in [0.2, 0.25) is 0 Å². The summed E-state index contributed by atoms with van der Waals surface area (Å²) >= 11 is 2.83. The van der Waals surface area contributed by atoms with Crippen molar-refractivity contribution in [2.75, 3.05) is 24.7 Å². The number of carbonyl (C=O) groups excluding carboxylic acids is 1. The molecule has 0 spiro atoms. The molecule has 0 aliphatic rings. The first kappa shape index (κ1) is 20.2. The van der Waals surface area contributed by atoms with E-state index < -0.39 is 0 Å². The number of rotatable bonds is 9. The van der Waals surface area contributed by atoms with Crippen molar-refractivity contribution in [1.29, 1.82) is 0 Å². The van der Waals surface area contributed by atoms with Crippen molar-refractivity contribution < 1.29 is 9.53 Å². The molecule has 146 valence electrons. The number of carbonyl (C=O) groups is 1. The van der Waals surface area contributed by atoms with E-state index in [0.29, 0.717) is 17.4 Å². The van der Waals surface area contributed by atoms with Crippen LogP contribution in [0.1, 0.15) is 11.1 Å². The molecule has 0 radical (unpaired) electrons. The van der Waals surface area contributed by atoms with Gasteiger partial charge in [-0.3, -0.25) is 4.79 Å². The summed E-state index contributed by atoms with van der Waals surface area (Å²) in [5, 5.41) is 15.1. The van der Waals surface area contributed by atoms with E-state index in [9.17, 15) is 4.79 Å². The molecule has 0 bridgehead atoms. The molecule has 0 aliphatic heterocycles. The van der Waals surface area contributed by atoms with Gasteiger partial charge in [0.15, 0.2) is 4.34 Å². The number of ether oxygens (including phenoxy) is 1. The molecule has 0 unspecified atom stereocenters. The minimum Gasteiger partial charge on any atom is -0.497 e. The fourth-order valence-corrected chi connectivity index (χ4v) is 4.08. The van der Waals surface area contributed by atoms with Crippen LogP contribution in [-0.4, -0.2) is 35.5 Å². The van der Waals surface area contributed by atoms with Gasteiger partial charge in [-0.2, -0.15) is 0 Å². The third kappa shape index (κ3) is 6.24. The maximum absolute atomic E-state index is 12.0. The largest absolute Gasteiger partial charge is 0.497 e. The summed E-state index contributed by atoms with van der Waals surface area (Å²) in [6, 6.07) is 15.9. The van der Waals surface area contributed by atoms with E-state index in [-0.39, 0.29) is 5.91 Å². The Labute approximate surface area is 172 Å². The predicted octanol–water partition coefficient (Wildman–Crippen LogP) is 4.05. The standard InChI is InChI=1S/C20H22N4O2S2/c1-14-4-3-5-16(12-14)22-19-23-24-20(28-19)27-13-18(25)21-11-10-15-6-8-17(26-2)9-7-15/h3-9,12H,10-11,13H2,1-2H3,(H,21,25)(H,22,23). The van der Waals surface area contributed by atoms with Crippen molar-refractivity contribution >= 4 is 39.8 Å². The lowest BCUT2D eigenvalue weighted by Crippen LogP contribution is -2.27. The van der Waals surface area contributed by atoms with Gasteiger partial charge >= 0.3 is 0 Å². The second-order valence-corrected chi connectivity index (χ2v) is 8.30. The third-order valence-corrected chi connectivity index (χ3v) is 5.87. The lowest BCUT2D eigenvalue weighted by Gasteiger charge is -2.05. The molecule has 1 aromatic heterocycles. The van der Waals surface area contributed by atoms with Gasteiger partial charge in [0.25, 0.3) is 0 Å². The van der Waals surface area contributed by atoms with Gasteiger partial charge in [0, 0.05) is 12.2 Å². The molecule has 28 heavy (non-hydrogen) atoms. The zero-order chi connectivity index (χ0) is 19.8. The minimum atomic E-state index is -0.0121. The number of methoxy groups -OCH3 is 1. The molecule has 3 rings (SSSR count). The number of thioether (sulfide) groups is 1. The van der Waals surface area contributed by atoms with E-state index >= 15 is 0 Å². The zero-order valence-corrected chi connectivity index (χ0v) is 17.4.